The maximum absolute atomic E-state index is 10.7. The molecule has 0 bridgehead atoms. The number of aliphatic carboxylic acids is 1. The number of benzene rings is 2. The molecule has 0 radical (unpaired) electrons. The summed E-state index contributed by atoms with van der Waals surface area (Å²) in [5, 5.41) is 18.8. The molecule has 0 fully saturated rings. The molecular weight excluding hydrogens is 330 g/mol. The zero-order valence-electron chi connectivity index (χ0n) is 12.5. The van der Waals surface area contributed by atoms with E-state index in [-0.39, 0.29) is 11.5 Å². The van der Waals surface area contributed by atoms with Gasteiger partial charge < -0.3 is 25.1 Å². The van der Waals surface area contributed by atoms with Crippen LogP contribution in [-0.4, -0.2) is 33.0 Å². The number of carboxylic acids is 1. The van der Waals surface area contributed by atoms with E-state index >= 15 is 0 Å². The van der Waals surface area contributed by atoms with E-state index in [9.17, 15) is 9.90 Å². The molecular formula is C16H15N3O4S. The SMILES string of the molecule is N[C@@H](CSNc1ccc(O)c(-c2nc3ccccc3o2)c1)C(=O)O. The summed E-state index contributed by atoms with van der Waals surface area (Å²) in [5.74, 6) is -0.500. The van der Waals surface area contributed by atoms with E-state index in [4.69, 9.17) is 15.3 Å². The highest BCUT2D eigenvalue weighted by Gasteiger charge is 2.14. The first-order valence-corrected chi connectivity index (χ1v) is 8.08. The van der Waals surface area contributed by atoms with Gasteiger partial charge in [0.1, 0.15) is 17.3 Å². The van der Waals surface area contributed by atoms with Gasteiger partial charge in [-0.1, -0.05) is 24.1 Å². The van der Waals surface area contributed by atoms with Gasteiger partial charge in [0.05, 0.1) is 5.56 Å². The van der Waals surface area contributed by atoms with Crippen molar-refractivity contribution in [3.05, 3.63) is 42.5 Å². The van der Waals surface area contributed by atoms with Crippen LogP contribution in [0.25, 0.3) is 22.6 Å². The van der Waals surface area contributed by atoms with Gasteiger partial charge in [-0.2, -0.15) is 0 Å². The molecule has 0 spiro atoms. The van der Waals surface area contributed by atoms with E-state index in [0.29, 0.717) is 28.2 Å². The van der Waals surface area contributed by atoms with Crippen LogP contribution in [0.5, 0.6) is 5.75 Å². The highest BCUT2D eigenvalue weighted by Crippen LogP contribution is 2.33. The van der Waals surface area contributed by atoms with E-state index in [1.807, 2.05) is 18.2 Å². The molecule has 0 aliphatic carbocycles. The average Bonchev–Trinajstić information content (AvgIpc) is 3.00. The summed E-state index contributed by atoms with van der Waals surface area (Å²) in [6.07, 6.45) is 0. The zero-order chi connectivity index (χ0) is 17.1. The smallest absolute Gasteiger partial charge is 0.321 e. The molecule has 0 aliphatic rings. The Morgan fingerprint density at radius 1 is 1.33 bits per heavy atom. The number of anilines is 1. The van der Waals surface area contributed by atoms with Gasteiger partial charge in [-0.3, -0.25) is 4.79 Å². The van der Waals surface area contributed by atoms with Crippen LogP contribution in [-0.2, 0) is 4.79 Å². The molecule has 7 nitrogen and oxygen atoms in total. The summed E-state index contributed by atoms with van der Waals surface area (Å²) in [6.45, 7) is 0. The van der Waals surface area contributed by atoms with Crippen LogP contribution in [0.2, 0.25) is 0 Å². The van der Waals surface area contributed by atoms with Crippen LogP contribution in [0.3, 0.4) is 0 Å². The molecule has 1 atom stereocenters. The lowest BCUT2D eigenvalue weighted by Gasteiger charge is -2.09. The molecule has 5 N–H and O–H groups in total. The molecule has 0 saturated carbocycles. The number of nitrogens with two attached hydrogens (primary N) is 1. The predicted octanol–water partition coefficient (Wildman–Crippen LogP) is 2.67. The Labute approximate surface area is 141 Å². The third kappa shape index (κ3) is 3.44. The Kier molecular flexibility index (Phi) is 4.59. The number of nitrogens with one attached hydrogen (secondary N) is 1. The Hall–Kier alpha value is -2.71. The quantitative estimate of drug-likeness (QED) is 0.397. The Morgan fingerprint density at radius 2 is 2.12 bits per heavy atom. The molecule has 0 saturated heterocycles. The molecule has 3 rings (SSSR count). The molecule has 0 unspecified atom stereocenters. The second-order valence-corrected chi connectivity index (χ2v) is 5.90. The number of nitrogens with zero attached hydrogens (tertiary/aromatic N) is 1. The maximum Gasteiger partial charge on any atom is 0.321 e. The molecule has 2 aromatic carbocycles. The average molecular weight is 345 g/mol. The highest BCUT2D eigenvalue weighted by molar-refractivity contribution is 8.00. The normalized spacial score (nSPS) is 12.2. The van der Waals surface area contributed by atoms with Crippen LogP contribution < -0.4 is 10.5 Å². The Bertz CT molecular complexity index is 848. The number of phenolic OH excluding ortho intramolecular Hbond substituents is 1. The fourth-order valence-corrected chi connectivity index (χ4v) is 2.74. The van der Waals surface area contributed by atoms with Gasteiger partial charge in [-0.15, -0.1) is 0 Å². The Morgan fingerprint density at radius 3 is 2.88 bits per heavy atom. The van der Waals surface area contributed by atoms with Crippen molar-refractivity contribution in [3.8, 4) is 17.2 Å². The summed E-state index contributed by atoms with van der Waals surface area (Å²) in [5.41, 5.74) is 7.89. The molecule has 1 heterocycles. The first-order chi connectivity index (χ1) is 11.5. The van der Waals surface area contributed by atoms with Crippen LogP contribution >= 0.6 is 11.9 Å². The maximum atomic E-state index is 10.7. The summed E-state index contributed by atoms with van der Waals surface area (Å²) in [7, 11) is 0. The van der Waals surface area contributed by atoms with Gasteiger partial charge in [-0.05, 0) is 30.3 Å². The van der Waals surface area contributed by atoms with Crippen LogP contribution in [0.4, 0.5) is 5.69 Å². The van der Waals surface area contributed by atoms with Crippen molar-refractivity contribution in [2.45, 2.75) is 6.04 Å². The lowest BCUT2D eigenvalue weighted by molar-refractivity contribution is -0.137. The molecule has 124 valence electrons. The number of oxazole rings is 1. The van der Waals surface area contributed by atoms with Gasteiger partial charge in [-0.25, -0.2) is 4.98 Å². The lowest BCUT2D eigenvalue weighted by atomic mass is 10.2. The number of carbonyl (C=O) groups is 1. The lowest BCUT2D eigenvalue weighted by Crippen LogP contribution is -2.32. The van der Waals surface area contributed by atoms with Crippen molar-refractivity contribution in [2.75, 3.05) is 10.5 Å². The Balaban J connectivity index is 1.80. The third-order valence-electron chi connectivity index (χ3n) is 3.29. The van der Waals surface area contributed by atoms with Crippen molar-refractivity contribution in [1.29, 1.82) is 0 Å². The third-order valence-corrected chi connectivity index (χ3v) is 4.20. The van der Waals surface area contributed by atoms with Gasteiger partial charge in [0.15, 0.2) is 5.58 Å². The van der Waals surface area contributed by atoms with E-state index in [2.05, 4.69) is 9.71 Å². The number of carboxylic acid groups (broad SMARTS) is 1. The van der Waals surface area contributed by atoms with Crippen LogP contribution in [0.15, 0.2) is 46.9 Å². The number of aromatic nitrogens is 1. The van der Waals surface area contributed by atoms with Gasteiger partial charge in [0.2, 0.25) is 5.89 Å². The van der Waals surface area contributed by atoms with Gasteiger partial charge in [0, 0.05) is 11.4 Å². The number of hydrogen-bond donors (Lipinski definition) is 4. The van der Waals surface area contributed by atoms with E-state index < -0.39 is 12.0 Å². The monoisotopic (exact) mass is 345 g/mol. The van der Waals surface area contributed by atoms with E-state index in [1.165, 1.54) is 18.0 Å². The molecule has 24 heavy (non-hydrogen) atoms. The summed E-state index contributed by atoms with van der Waals surface area (Å²) in [4.78, 5) is 15.0. The standard InChI is InChI=1S/C16H15N3O4S/c17-11(16(21)22)8-24-19-9-5-6-13(20)10(7-9)15-18-12-3-1-2-4-14(12)23-15/h1-7,11,19-20H,8,17H2,(H,21,22)/t11-/m0/s1. The van der Waals surface area contributed by atoms with Crippen LogP contribution in [0.1, 0.15) is 0 Å². The van der Waals surface area contributed by atoms with Crippen molar-refractivity contribution in [2.24, 2.45) is 5.73 Å². The largest absolute Gasteiger partial charge is 0.507 e. The molecule has 8 heteroatoms. The van der Waals surface area contributed by atoms with Crippen molar-refractivity contribution in [1.82, 2.24) is 4.98 Å². The second-order valence-electron chi connectivity index (χ2n) is 5.08. The molecule has 1 aromatic heterocycles. The topological polar surface area (TPSA) is 122 Å². The molecule has 0 amide bonds. The minimum absolute atomic E-state index is 0.0411. The number of aromatic hydroxyl groups is 1. The molecule has 0 aliphatic heterocycles. The minimum Gasteiger partial charge on any atom is -0.507 e. The predicted molar refractivity (Wildman–Crippen MR) is 92.8 cm³/mol. The summed E-state index contributed by atoms with van der Waals surface area (Å²) < 4.78 is 8.66. The van der Waals surface area contributed by atoms with Crippen molar-refractivity contribution < 1.29 is 19.4 Å². The fourth-order valence-electron chi connectivity index (χ4n) is 2.04. The number of rotatable bonds is 6. The van der Waals surface area contributed by atoms with E-state index in [0.717, 1.165) is 0 Å². The van der Waals surface area contributed by atoms with Gasteiger partial charge >= 0.3 is 5.97 Å². The molecule has 3 aromatic rings. The number of hydrogen-bond acceptors (Lipinski definition) is 7. The second kappa shape index (κ2) is 6.81. The summed E-state index contributed by atoms with van der Waals surface area (Å²) in [6, 6.07) is 11.2. The highest BCUT2D eigenvalue weighted by atomic mass is 32.2. The number of para-hydroxylation sites is 2. The van der Waals surface area contributed by atoms with Crippen molar-refractivity contribution >= 4 is 34.7 Å². The van der Waals surface area contributed by atoms with E-state index in [1.54, 1.807) is 18.2 Å². The number of fused-ring (bicyclic) bond motifs is 1. The zero-order valence-corrected chi connectivity index (χ0v) is 13.3. The fraction of sp³-hybridized carbons (Fsp3) is 0.125. The summed E-state index contributed by atoms with van der Waals surface area (Å²) >= 11 is 1.17. The number of phenols is 1. The van der Waals surface area contributed by atoms with Crippen LogP contribution in [0, 0.1) is 0 Å². The first kappa shape index (κ1) is 16.2. The van der Waals surface area contributed by atoms with Gasteiger partial charge in [0.25, 0.3) is 0 Å². The minimum atomic E-state index is -1.05. The van der Waals surface area contributed by atoms with Crippen molar-refractivity contribution in [3.63, 3.8) is 0 Å². The first-order valence-electron chi connectivity index (χ1n) is 7.10.